The Bertz CT molecular complexity index is 372. The summed E-state index contributed by atoms with van der Waals surface area (Å²) in [5, 5.41) is 10.1. The second-order valence-corrected chi connectivity index (χ2v) is 3.62. The molecule has 1 heterocycles. The number of nitrogens with zero attached hydrogens (tertiary/aromatic N) is 1. The first-order chi connectivity index (χ1) is 7.59. The second kappa shape index (κ2) is 5.07. The van der Waals surface area contributed by atoms with E-state index < -0.39 is 5.60 Å². The lowest BCUT2D eigenvalue weighted by Crippen LogP contribution is -2.37. The monoisotopic (exact) mass is 223 g/mol. The minimum Gasteiger partial charge on any atom is -0.494 e. The second-order valence-electron chi connectivity index (χ2n) is 3.62. The fraction of sp³-hybridized carbons (Fsp3) is 0.500. The largest absolute Gasteiger partial charge is 0.494 e. The molecule has 0 aromatic carbocycles. The summed E-state index contributed by atoms with van der Waals surface area (Å²) in [4.78, 5) is 16.1. The van der Waals surface area contributed by atoms with Gasteiger partial charge in [-0.1, -0.05) is 13.8 Å². The highest BCUT2D eigenvalue weighted by molar-refractivity contribution is 6.02. The van der Waals surface area contributed by atoms with Crippen molar-refractivity contribution in [1.29, 1.82) is 0 Å². The number of Topliss-reactive ketones (excluding diaryl/α,β-unsaturated/α-hetero) is 1. The van der Waals surface area contributed by atoms with E-state index in [-0.39, 0.29) is 11.5 Å². The number of ether oxygens (including phenoxy) is 1. The molecule has 88 valence electrons. The third kappa shape index (κ3) is 2.22. The van der Waals surface area contributed by atoms with Crippen LogP contribution in [0.1, 0.15) is 37.2 Å². The lowest BCUT2D eigenvalue weighted by Gasteiger charge is -2.23. The van der Waals surface area contributed by atoms with E-state index in [9.17, 15) is 9.90 Å². The van der Waals surface area contributed by atoms with E-state index in [0.29, 0.717) is 18.6 Å². The normalized spacial score (nSPS) is 11.2. The number of ketones is 1. The number of aliphatic hydroxyl groups is 1. The SMILES string of the molecule is CCC(O)(CC)C(=O)c1ncccc1OC. The van der Waals surface area contributed by atoms with Gasteiger partial charge < -0.3 is 9.84 Å². The highest BCUT2D eigenvalue weighted by Gasteiger charge is 2.35. The molecule has 0 atom stereocenters. The Balaban J connectivity index is 3.13. The minimum atomic E-state index is -1.35. The maximum Gasteiger partial charge on any atom is 0.216 e. The van der Waals surface area contributed by atoms with Crippen LogP contribution in [0.4, 0.5) is 0 Å². The molecule has 4 heteroatoms. The molecule has 1 aromatic rings. The summed E-state index contributed by atoms with van der Waals surface area (Å²) in [6.07, 6.45) is 2.24. The predicted octanol–water partition coefficient (Wildman–Crippen LogP) is 1.82. The van der Waals surface area contributed by atoms with Crippen LogP contribution in [0.25, 0.3) is 0 Å². The topological polar surface area (TPSA) is 59.4 Å². The van der Waals surface area contributed by atoms with Crippen molar-refractivity contribution in [3.63, 3.8) is 0 Å². The highest BCUT2D eigenvalue weighted by atomic mass is 16.5. The van der Waals surface area contributed by atoms with Crippen molar-refractivity contribution < 1.29 is 14.6 Å². The van der Waals surface area contributed by atoms with E-state index in [0.717, 1.165) is 0 Å². The number of pyridine rings is 1. The van der Waals surface area contributed by atoms with Crippen molar-refractivity contribution in [2.24, 2.45) is 0 Å². The quantitative estimate of drug-likeness (QED) is 0.773. The molecule has 16 heavy (non-hydrogen) atoms. The molecule has 0 spiro atoms. The third-order valence-electron chi connectivity index (χ3n) is 2.80. The maximum atomic E-state index is 12.1. The van der Waals surface area contributed by atoms with Crippen LogP contribution in [-0.2, 0) is 0 Å². The van der Waals surface area contributed by atoms with Crippen molar-refractivity contribution in [3.8, 4) is 5.75 Å². The van der Waals surface area contributed by atoms with Gasteiger partial charge in [-0.05, 0) is 25.0 Å². The number of hydrogen-bond acceptors (Lipinski definition) is 4. The fourth-order valence-corrected chi connectivity index (χ4v) is 1.52. The molecule has 0 fully saturated rings. The van der Waals surface area contributed by atoms with E-state index >= 15 is 0 Å². The molecular formula is C12H17NO3. The average molecular weight is 223 g/mol. The van der Waals surface area contributed by atoms with Crippen molar-refractivity contribution in [1.82, 2.24) is 4.98 Å². The molecule has 0 bridgehead atoms. The molecular weight excluding hydrogens is 206 g/mol. The molecule has 0 saturated heterocycles. The van der Waals surface area contributed by atoms with Crippen molar-refractivity contribution in [2.75, 3.05) is 7.11 Å². The molecule has 0 aliphatic heterocycles. The third-order valence-corrected chi connectivity index (χ3v) is 2.80. The summed E-state index contributed by atoms with van der Waals surface area (Å²) in [5.41, 5.74) is -1.15. The van der Waals surface area contributed by atoms with E-state index in [1.807, 2.05) is 0 Å². The smallest absolute Gasteiger partial charge is 0.216 e. The highest BCUT2D eigenvalue weighted by Crippen LogP contribution is 2.25. The molecule has 0 unspecified atom stereocenters. The van der Waals surface area contributed by atoms with Crippen LogP contribution in [0, 0.1) is 0 Å². The Morgan fingerprint density at radius 1 is 1.50 bits per heavy atom. The van der Waals surface area contributed by atoms with Gasteiger partial charge in [0.15, 0.2) is 5.69 Å². The summed E-state index contributed by atoms with van der Waals surface area (Å²) in [5.74, 6) is 0.0165. The minimum absolute atomic E-state index is 0.191. The number of carbonyl (C=O) groups is 1. The average Bonchev–Trinajstić information content (AvgIpc) is 2.36. The Morgan fingerprint density at radius 3 is 2.62 bits per heavy atom. The Labute approximate surface area is 95.3 Å². The predicted molar refractivity (Wildman–Crippen MR) is 60.7 cm³/mol. The van der Waals surface area contributed by atoms with Gasteiger partial charge in [-0.2, -0.15) is 0 Å². The fourth-order valence-electron chi connectivity index (χ4n) is 1.52. The first-order valence-corrected chi connectivity index (χ1v) is 5.35. The van der Waals surface area contributed by atoms with E-state index in [4.69, 9.17) is 4.74 Å². The molecule has 0 radical (unpaired) electrons. The molecule has 0 aliphatic carbocycles. The molecule has 4 nitrogen and oxygen atoms in total. The van der Waals surface area contributed by atoms with Gasteiger partial charge in [0, 0.05) is 6.20 Å². The Morgan fingerprint density at radius 2 is 2.12 bits per heavy atom. The molecule has 1 aromatic heterocycles. The van der Waals surface area contributed by atoms with Gasteiger partial charge >= 0.3 is 0 Å². The van der Waals surface area contributed by atoms with Crippen LogP contribution in [0.3, 0.4) is 0 Å². The van der Waals surface area contributed by atoms with Crippen LogP contribution in [0.15, 0.2) is 18.3 Å². The van der Waals surface area contributed by atoms with Gasteiger partial charge in [0.1, 0.15) is 11.4 Å². The van der Waals surface area contributed by atoms with Crippen molar-refractivity contribution in [2.45, 2.75) is 32.3 Å². The van der Waals surface area contributed by atoms with Gasteiger partial charge in [0.2, 0.25) is 5.78 Å². The van der Waals surface area contributed by atoms with E-state index in [2.05, 4.69) is 4.98 Å². The van der Waals surface area contributed by atoms with Crippen LogP contribution >= 0.6 is 0 Å². The zero-order valence-corrected chi connectivity index (χ0v) is 9.86. The van der Waals surface area contributed by atoms with Gasteiger partial charge in [0.05, 0.1) is 7.11 Å². The van der Waals surface area contributed by atoms with E-state index in [1.54, 1.807) is 26.0 Å². The summed E-state index contributed by atoms with van der Waals surface area (Å²) in [7, 11) is 1.48. The van der Waals surface area contributed by atoms with Crippen LogP contribution in [-0.4, -0.2) is 28.6 Å². The van der Waals surface area contributed by atoms with Crippen LogP contribution < -0.4 is 4.74 Å². The van der Waals surface area contributed by atoms with Gasteiger partial charge in [0.25, 0.3) is 0 Å². The zero-order valence-electron chi connectivity index (χ0n) is 9.86. The molecule has 0 saturated carbocycles. The summed E-state index contributed by atoms with van der Waals surface area (Å²) >= 11 is 0. The Kier molecular flexibility index (Phi) is 4.01. The lowest BCUT2D eigenvalue weighted by atomic mass is 9.90. The number of carbonyl (C=O) groups excluding carboxylic acids is 1. The van der Waals surface area contributed by atoms with Gasteiger partial charge in [-0.3, -0.25) is 4.79 Å². The molecule has 1 rings (SSSR count). The standard InChI is InChI=1S/C12H17NO3/c1-4-12(15,5-2)11(14)10-9(16-3)7-6-8-13-10/h6-8,15H,4-5H2,1-3H3. The van der Waals surface area contributed by atoms with Gasteiger partial charge in [-0.15, -0.1) is 0 Å². The Hall–Kier alpha value is -1.42. The first kappa shape index (κ1) is 12.6. The number of methoxy groups -OCH3 is 1. The summed E-state index contributed by atoms with van der Waals surface area (Å²) in [6.45, 7) is 3.55. The zero-order chi connectivity index (χ0) is 12.2. The number of aromatic nitrogens is 1. The lowest BCUT2D eigenvalue weighted by molar-refractivity contribution is 0.0269. The van der Waals surface area contributed by atoms with Gasteiger partial charge in [-0.25, -0.2) is 4.98 Å². The van der Waals surface area contributed by atoms with Crippen LogP contribution in [0.5, 0.6) is 5.75 Å². The van der Waals surface area contributed by atoms with Crippen molar-refractivity contribution in [3.05, 3.63) is 24.0 Å². The van der Waals surface area contributed by atoms with Crippen molar-refractivity contribution >= 4 is 5.78 Å². The number of rotatable bonds is 5. The molecule has 0 aliphatic rings. The molecule has 1 N–H and O–H groups in total. The van der Waals surface area contributed by atoms with E-state index in [1.165, 1.54) is 13.3 Å². The number of hydrogen-bond donors (Lipinski definition) is 1. The first-order valence-electron chi connectivity index (χ1n) is 5.35. The van der Waals surface area contributed by atoms with Crippen LogP contribution in [0.2, 0.25) is 0 Å². The maximum absolute atomic E-state index is 12.1. The molecule has 0 amide bonds. The summed E-state index contributed by atoms with van der Waals surface area (Å²) < 4.78 is 5.06. The summed E-state index contributed by atoms with van der Waals surface area (Å²) in [6, 6.07) is 3.35.